The average Bonchev–Trinajstić information content (AvgIpc) is 3.57. The number of anilines is 1. The van der Waals surface area contributed by atoms with Crippen molar-refractivity contribution < 1.29 is 9.53 Å². The Morgan fingerprint density at radius 3 is 2.59 bits per heavy atom. The summed E-state index contributed by atoms with van der Waals surface area (Å²) in [5.41, 5.74) is 5.26. The number of carbonyl (C=O) groups excluding carboxylic acids is 1. The lowest BCUT2D eigenvalue weighted by molar-refractivity contribution is 0.0962. The second-order valence-corrected chi connectivity index (χ2v) is 9.99. The van der Waals surface area contributed by atoms with E-state index in [4.69, 9.17) is 15.1 Å². The number of aromatic nitrogens is 1. The van der Waals surface area contributed by atoms with Gasteiger partial charge in [0.2, 0.25) is 0 Å². The van der Waals surface area contributed by atoms with Crippen LogP contribution < -0.4 is 9.64 Å². The lowest BCUT2D eigenvalue weighted by Crippen LogP contribution is -2.31. The Labute approximate surface area is 191 Å². The third-order valence-electron chi connectivity index (χ3n) is 6.52. The molecule has 1 aromatic carbocycles. The van der Waals surface area contributed by atoms with Gasteiger partial charge >= 0.3 is 0 Å². The second kappa shape index (κ2) is 8.23. The van der Waals surface area contributed by atoms with E-state index >= 15 is 0 Å². The van der Waals surface area contributed by atoms with Gasteiger partial charge in [0, 0.05) is 48.4 Å². The van der Waals surface area contributed by atoms with Crippen molar-refractivity contribution in [3.63, 3.8) is 0 Å². The first kappa shape index (κ1) is 22.3. The molecule has 0 radical (unpaired) electrons. The van der Waals surface area contributed by atoms with Crippen molar-refractivity contribution in [3.05, 3.63) is 52.3 Å². The smallest absolute Gasteiger partial charge is 0.182 e. The number of nitrogens with one attached hydrogen (secondary N) is 1. The summed E-state index contributed by atoms with van der Waals surface area (Å²) in [6.07, 6.45) is 2.37. The summed E-state index contributed by atoms with van der Waals surface area (Å²) in [5, 5.41) is 8.63. The van der Waals surface area contributed by atoms with E-state index in [0.29, 0.717) is 23.9 Å². The number of ether oxygens (including phenoxy) is 1. The number of amidine groups is 1. The molecule has 170 valence electrons. The van der Waals surface area contributed by atoms with E-state index in [-0.39, 0.29) is 17.7 Å². The Hall–Kier alpha value is -2.89. The lowest BCUT2D eigenvalue weighted by Gasteiger charge is -2.28. The molecule has 6 heteroatoms. The summed E-state index contributed by atoms with van der Waals surface area (Å²) in [6.45, 7) is 10.00. The minimum absolute atomic E-state index is 0.00359. The molecule has 0 saturated heterocycles. The minimum atomic E-state index is -0.176. The van der Waals surface area contributed by atoms with Gasteiger partial charge in [0.05, 0.1) is 19.3 Å². The van der Waals surface area contributed by atoms with Crippen LogP contribution >= 0.6 is 0 Å². The van der Waals surface area contributed by atoms with E-state index in [1.165, 1.54) is 12.8 Å². The molecule has 1 N–H and O–H groups in total. The summed E-state index contributed by atoms with van der Waals surface area (Å²) >= 11 is 0. The van der Waals surface area contributed by atoms with Crippen LogP contribution in [-0.4, -0.2) is 48.7 Å². The lowest BCUT2D eigenvalue weighted by atomic mass is 9.84. The predicted molar refractivity (Wildman–Crippen MR) is 128 cm³/mol. The van der Waals surface area contributed by atoms with E-state index in [2.05, 4.69) is 44.7 Å². The number of nitrogens with zero attached hydrogens (tertiary/aromatic N) is 3. The number of methoxy groups -OCH3 is 1. The van der Waals surface area contributed by atoms with Crippen LogP contribution in [0.25, 0.3) is 0 Å². The summed E-state index contributed by atoms with van der Waals surface area (Å²) in [4.78, 5) is 22.1. The van der Waals surface area contributed by atoms with E-state index in [0.717, 1.165) is 40.5 Å². The molecular weight excluding hydrogens is 400 g/mol. The maximum absolute atomic E-state index is 13.4. The number of hydrogen-bond donors (Lipinski definition) is 1. The van der Waals surface area contributed by atoms with Gasteiger partial charge in [-0.15, -0.1) is 0 Å². The highest BCUT2D eigenvalue weighted by molar-refractivity contribution is 6.05. The molecule has 1 fully saturated rings. The molecule has 0 bridgehead atoms. The Morgan fingerprint density at radius 2 is 2.00 bits per heavy atom. The zero-order valence-electron chi connectivity index (χ0n) is 20.1. The largest absolute Gasteiger partial charge is 0.494 e. The number of Topliss-reactive ketones (excluding diaryl/α,β-unsaturated/α-hetero) is 1. The fourth-order valence-electron chi connectivity index (χ4n) is 4.28. The van der Waals surface area contributed by atoms with Crippen molar-refractivity contribution in [1.29, 1.82) is 5.41 Å². The highest BCUT2D eigenvalue weighted by Crippen LogP contribution is 2.41. The number of carbonyl (C=O) groups is 1. The Bertz CT molecular complexity index is 1070. The highest BCUT2D eigenvalue weighted by Gasteiger charge is 2.32. The molecule has 2 aromatic rings. The summed E-state index contributed by atoms with van der Waals surface area (Å²) < 4.78 is 5.78. The van der Waals surface area contributed by atoms with Crippen LogP contribution in [0.2, 0.25) is 0 Å². The molecule has 6 nitrogen and oxygen atoms in total. The molecule has 32 heavy (non-hydrogen) atoms. The minimum Gasteiger partial charge on any atom is -0.494 e. The first-order chi connectivity index (χ1) is 15.1. The SMILES string of the molecule is CCN(C)c1cc(C(=O)CN2Cc3ccc(C4CC4)nc3C2=N)cc(C(C)(C)C)c1OC. The van der Waals surface area contributed by atoms with E-state index in [1.807, 2.05) is 24.1 Å². The normalized spacial score (nSPS) is 15.7. The molecule has 1 saturated carbocycles. The average molecular weight is 435 g/mol. The van der Waals surface area contributed by atoms with Crippen LogP contribution in [0, 0.1) is 5.41 Å². The molecule has 0 unspecified atom stereocenters. The van der Waals surface area contributed by atoms with Crippen molar-refractivity contribution >= 4 is 17.3 Å². The Balaban J connectivity index is 1.62. The fraction of sp³-hybridized carbons (Fsp3) is 0.500. The third kappa shape index (κ3) is 4.10. The second-order valence-electron chi connectivity index (χ2n) is 9.99. The Morgan fingerprint density at radius 1 is 1.28 bits per heavy atom. The molecule has 1 aliphatic heterocycles. The Kier molecular flexibility index (Phi) is 5.74. The predicted octanol–water partition coefficient (Wildman–Crippen LogP) is 4.75. The first-order valence-electron chi connectivity index (χ1n) is 11.4. The van der Waals surface area contributed by atoms with E-state index in [1.54, 1.807) is 7.11 Å². The maximum atomic E-state index is 13.4. The molecule has 1 aliphatic carbocycles. The zero-order chi connectivity index (χ0) is 23.2. The molecule has 0 amide bonds. The van der Waals surface area contributed by atoms with Gasteiger partial charge < -0.3 is 14.5 Å². The number of rotatable bonds is 7. The van der Waals surface area contributed by atoms with Crippen LogP contribution in [-0.2, 0) is 12.0 Å². The van der Waals surface area contributed by atoms with Crippen LogP contribution in [0.1, 0.15) is 79.3 Å². The van der Waals surface area contributed by atoms with Crippen molar-refractivity contribution in [2.75, 3.05) is 32.1 Å². The molecule has 0 atom stereocenters. The van der Waals surface area contributed by atoms with Crippen molar-refractivity contribution in [2.45, 2.75) is 58.4 Å². The van der Waals surface area contributed by atoms with Crippen molar-refractivity contribution in [1.82, 2.24) is 9.88 Å². The zero-order valence-corrected chi connectivity index (χ0v) is 20.1. The van der Waals surface area contributed by atoms with Gasteiger partial charge in [0.1, 0.15) is 17.3 Å². The number of pyridine rings is 1. The molecule has 2 heterocycles. The molecule has 1 aromatic heterocycles. The fourth-order valence-corrected chi connectivity index (χ4v) is 4.28. The quantitative estimate of drug-likeness (QED) is 0.637. The van der Waals surface area contributed by atoms with Crippen LogP contribution in [0.4, 0.5) is 5.69 Å². The summed E-state index contributed by atoms with van der Waals surface area (Å²) in [7, 11) is 3.69. The van der Waals surface area contributed by atoms with Gasteiger partial charge in [-0.05, 0) is 43.4 Å². The highest BCUT2D eigenvalue weighted by atomic mass is 16.5. The summed E-state index contributed by atoms with van der Waals surface area (Å²) in [6, 6.07) is 8.05. The third-order valence-corrected chi connectivity index (χ3v) is 6.52. The monoisotopic (exact) mass is 434 g/mol. The number of hydrogen-bond acceptors (Lipinski definition) is 5. The van der Waals surface area contributed by atoms with Crippen LogP contribution in [0.5, 0.6) is 5.75 Å². The van der Waals surface area contributed by atoms with Gasteiger partial charge in [-0.25, -0.2) is 4.98 Å². The molecule has 0 spiro atoms. The number of ketones is 1. The van der Waals surface area contributed by atoms with Gasteiger partial charge in [-0.2, -0.15) is 0 Å². The maximum Gasteiger partial charge on any atom is 0.182 e. The topological polar surface area (TPSA) is 69.5 Å². The summed E-state index contributed by atoms with van der Waals surface area (Å²) in [5.74, 6) is 1.72. The molecular formula is C26H34N4O2. The van der Waals surface area contributed by atoms with Crippen LogP contribution in [0.15, 0.2) is 24.3 Å². The van der Waals surface area contributed by atoms with Crippen LogP contribution in [0.3, 0.4) is 0 Å². The van der Waals surface area contributed by atoms with E-state index < -0.39 is 0 Å². The molecule has 4 rings (SSSR count). The standard InChI is InChI=1S/C26H34N4O2/c1-7-29(5)21-13-18(12-19(24(21)32-6)26(2,3)4)22(31)15-30-14-17-10-11-20(16-8-9-16)28-23(17)25(30)27/h10-13,16,27H,7-9,14-15H2,1-6H3. The van der Waals surface area contributed by atoms with Gasteiger partial charge in [0.25, 0.3) is 0 Å². The van der Waals surface area contributed by atoms with Gasteiger partial charge in [-0.1, -0.05) is 26.8 Å². The van der Waals surface area contributed by atoms with E-state index in [9.17, 15) is 4.79 Å². The van der Waals surface area contributed by atoms with Crippen molar-refractivity contribution in [3.8, 4) is 5.75 Å². The van der Waals surface area contributed by atoms with Gasteiger partial charge in [-0.3, -0.25) is 10.2 Å². The first-order valence-corrected chi connectivity index (χ1v) is 11.4. The van der Waals surface area contributed by atoms with Gasteiger partial charge in [0.15, 0.2) is 5.78 Å². The molecule has 2 aliphatic rings. The number of benzene rings is 1. The van der Waals surface area contributed by atoms with Crippen molar-refractivity contribution in [2.24, 2.45) is 0 Å². The number of fused-ring (bicyclic) bond motifs is 1.